The van der Waals surface area contributed by atoms with E-state index in [9.17, 15) is 4.79 Å². The van der Waals surface area contributed by atoms with Gasteiger partial charge in [-0.1, -0.05) is 11.6 Å². The molecule has 0 saturated carbocycles. The van der Waals surface area contributed by atoms with Crippen molar-refractivity contribution in [2.24, 2.45) is 0 Å². The van der Waals surface area contributed by atoms with E-state index < -0.39 is 0 Å². The molecule has 0 fully saturated rings. The second kappa shape index (κ2) is 5.16. The number of pyridine rings is 1. The Hall–Kier alpha value is -1.59. The molecule has 0 aliphatic carbocycles. The van der Waals surface area contributed by atoms with Gasteiger partial charge in [-0.3, -0.25) is 9.78 Å². The Morgan fingerprint density at radius 2 is 2.41 bits per heavy atom. The minimum Gasteiger partial charge on any atom is -0.496 e. The van der Waals surface area contributed by atoms with Crippen LogP contribution < -0.4 is 10.1 Å². The SMILES string of the molecule is COc1csc(C(=O)Nc2cnccc2Cl)c1. The summed E-state index contributed by atoms with van der Waals surface area (Å²) in [6.07, 6.45) is 3.07. The number of ether oxygens (including phenoxy) is 1. The first kappa shape index (κ1) is 11.9. The van der Waals surface area contributed by atoms with Crippen LogP contribution in [0.3, 0.4) is 0 Å². The summed E-state index contributed by atoms with van der Waals surface area (Å²) in [7, 11) is 1.56. The van der Waals surface area contributed by atoms with Crippen molar-refractivity contribution in [2.45, 2.75) is 0 Å². The average Bonchev–Trinajstić information content (AvgIpc) is 2.81. The molecular weight excluding hydrogens is 260 g/mol. The highest BCUT2D eigenvalue weighted by Gasteiger charge is 2.11. The van der Waals surface area contributed by atoms with Gasteiger partial charge in [0.15, 0.2) is 0 Å². The number of carbonyl (C=O) groups excluding carboxylic acids is 1. The van der Waals surface area contributed by atoms with Gasteiger partial charge in [-0.2, -0.15) is 0 Å². The number of hydrogen-bond donors (Lipinski definition) is 1. The van der Waals surface area contributed by atoms with E-state index in [-0.39, 0.29) is 5.91 Å². The highest BCUT2D eigenvalue weighted by atomic mass is 35.5. The maximum Gasteiger partial charge on any atom is 0.265 e. The highest BCUT2D eigenvalue weighted by molar-refractivity contribution is 7.12. The lowest BCUT2D eigenvalue weighted by molar-refractivity contribution is 0.103. The van der Waals surface area contributed by atoms with Crippen LogP contribution in [0.1, 0.15) is 9.67 Å². The number of thiophene rings is 1. The van der Waals surface area contributed by atoms with E-state index in [1.807, 2.05) is 0 Å². The van der Waals surface area contributed by atoms with Gasteiger partial charge in [-0.25, -0.2) is 0 Å². The molecule has 0 aromatic carbocycles. The molecule has 0 saturated heterocycles. The van der Waals surface area contributed by atoms with Crippen LogP contribution in [0.2, 0.25) is 5.02 Å². The number of carbonyl (C=O) groups is 1. The molecule has 2 aromatic heterocycles. The minimum absolute atomic E-state index is 0.229. The van der Waals surface area contributed by atoms with E-state index in [1.54, 1.807) is 30.8 Å². The summed E-state index contributed by atoms with van der Waals surface area (Å²) in [5.41, 5.74) is 0.492. The normalized spacial score (nSPS) is 10.0. The fourth-order valence-electron chi connectivity index (χ4n) is 1.20. The number of halogens is 1. The summed E-state index contributed by atoms with van der Waals surface area (Å²) in [5.74, 6) is 0.436. The third-order valence-corrected chi connectivity index (χ3v) is 3.29. The highest BCUT2D eigenvalue weighted by Crippen LogP contribution is 2.24. The van der Waals surface area contributed by atoms with Gasteiger partial charge in [0.25, 0.3) is 5.91 Å². The van der Waals surface area contributed by atoms with Crippen molar-refractivity contribution in [1.82, 2.24) is 4.98 Å². The molecule has 6 heteroatoms. The van der Waals surface area contributed by atoms with Crippen molar-refractivity contribution < 1.29 is 9.53 Å². The third kappa shape index (κ3) is 2.75. The van der Waals surface area contributed by atoms with Gasteiger partial charge in [0.05, 0.1) is 28.9 Å². The van der Waals surface area contributed by atoms with E-state index in [0.717, 1.165) is 0 Å². The first-order chi connectivity index (χ1) is 8.20. The van der Waals surface area contributed by atoms with Crippen LogP contribution in [0.5, 0.6) is 5.75 Å². The second-order valence-corrected chi connectivity index (χ2v) is 4.48. The number of nitrogens with zero attached hydrogens (tertiary/aromatic N) is 1. The largest absolute Gasteiger partial charge is 0.496 e. The van der Waals surface area contributed by atoms with Gasteiger partial charge in [0, 0.05) is 17.6 Å². The number of anilines is 1. The Balaban J connectivity index is 2.14. The van der Waals surface area contributed by atoms with Gasteiger partial charge in [0.2, 0.25) is 0 Å². The van der Waals surface area contributed by atoms with Gasteiger partial charge >= 0.3 is 0 Å². The molecule has 0 atom stereocenters. The smallest absolute Gasteiger partial charge is 0.265 e. The van der Waals surface area contributed by atoms with Crippen LogP contribution in [-0.2, 0) is 0 Å². The molecule has 0 bridgehead atoms. The van der Waals surface area contributed by atoms with E-state index in [4.69, 9.17) is 16.3 Å². The van der Waals surface area contributed by atoms with E-state index in [1.165, 1.54) is 17.5 Å². The lowest BCUT2D eigenvalue weighted by atomic mass is 10.3. The Labute approximate surface area is 107 Å². The number of methoxy groups -OCH3 is 1. The zero-order valence-corrected chi connectivity index (χ0v) is 10.5. The van der Waals surface area contributed by atoms with Crippen LogP contribution in [0, 0.1) is 0 Å². The number of nitrogens with one attached hydrogen (secondary N) is 1. The molecule has 17 heavy (non-hydrogen) atoms. The Bertz CT molecular complexity index is 542. The molecule has 2 heterocycles. The monoisotopic (exact) mass is 268 g/mol. The van der Waals surface area contributed by atoms with Crippen LogP contribution in [0.15, 0.2) is 29.9 Å². The van der Waals surface area contributed by atoms with Crippen molar-refractivity contribution in [3.63, 3.8) is 0 Å². The quantitative estimate of drug-likeness (QED) is 0.931. The average molecular weight is 269 g/mol. The maximum absolute atomic E-state index is 11.9. The number of amides is 1. The molecule has 2 aromatic rings. The summed E-state index contributed by atoms with van der Waals surface area (Å²) in [5, 5.41) is 4.90. The van der Waals surface area contributed by atoms with E-state index in [0.29, 0.717) is 21.3 Å². The van der Waals surface area contributed by atoms with Gasteiger partial charge in [-0.05, 0) is 6.07 Å². The predicted octanol–water partition coefficient (Wildman–Crippen LogP) is 3.06. The molecule has 0 unspecified atom stereocenters. The molecule has 0 aliphatic heterocycles. The third-order valence-electron chi connectivity index (χ3n) is 2.05. The fraction of sp³-hybridized carbons (Fsp3) is 0.0909. The topological polar surface area (TPSA) is 51.2 Å². The lowest BCUT2D eigenvalue weighted by Crippen LogP contribution is -2.10. The van der Waals surface area contributed by atoms with Crippen LogP contribution in [0.4, 0.5) is 5.69 Å². The minimum atomic E-state index is -0.229. The summed E-state index contributed by atoms with van der Waals surface area (Å²) in [4.78, 5) is 16.3. The van der Waals surface area contributed by atoms with Crippen LogP contribution in [0.25, 0.3) is 0 Å². The van der Waals surface area contributed by atoms with Gasteiger partial charge in [0.1, 0.15) is 5.75 Å². The van der Waals surface area contributed by atoms with Gasteiger partial charge in [-0.15, -0.1) is 11.3 Å². The second-order valence-electron chi connectivity index (χ2n) is 3.16. The Morgan fingerprint density at radius 1 is 1.59 bits per heavy atom. The zero-order valence-electron chi connectivity index (χ0n) is 8.94. The Kier molecular flexibility index (Phi) is 3.61. The summed E-state index contributed by atoms with van der Waals surface area (Å²) >= 11 is 7.22. The molecule has 4 nitrogen and oxygen atoms in total. The summed E-state index contributed by atoms with van der Waals surface area (Å²) < 4.78 is 5.01. The molecule has 88 valence electrons. The lowest BCUT2D eigenvalue weighted by Gasteiger charge is -2.04. The summed E-state index contributed by atoms with van der Waals surface area (Å²) in [6, 6.07) is 3.29. The standard InChI is InChI=1S/C11H9ClN2O2S/c1-16-7-4-10(17-6-7)11(15)14-9-5-13-3-2-8(9)12/h2-6H,1H3,(H,14,15). The molecule has 0 aliphatic rings. The van der Waals surface area contributed by atoms with Crippen molar-refractivity contribution in [2.75, 3.05) is 12.4 Å². The molecule has 2 rings (SSSR count). The van der Waals surface area contributed by atoms with Crippen molar-refractivity contribution in [3.05, 3.63) is 39.8 Å². The van der Waals surface area contributed by atoms with E-state index >= 15 is 0 Å². The first-order valence-corrected chi connectivity index (χ1v) is 6.00. The van der Waals surface area contributed by atoms with Crippen molar-refractivity contribution in [3.8, 4) is 5.75 Å². The molecular formula is C11H9ClN2O2S. The molecule has 1 amide bonds. The molecule has 0 spiro atoms. The first-order valence-electron chi connectivity index (χ1n) is 4.74. The van der Waals surface area contributed by atoms with Crippen molar-refractivity contribution >= 4 is 34.5 Å². The molecule has 0 radical (unpaired) electrons. The maximum atomic E-state index is 11.9. The van der Waals surface area contributed by atoms with E-state index in [2.05, 4.69) is 10.3 Å². The number of aromatic nitrogens is 1. The fourth-order valence-corrected chi connectivity index (χ4v) is 2.10. The van der Waals surface area contributed by atoms with Crippen LogP contribution in [-0.4, -0.2) is 18.0 Å². The molecule has 1 N–H and O–H groups in total. The summed E-state index contributed by atoms with van der Waals surface area (Å²) in [6.45, 7) is 0. The number of rotatable bonds is 3. The zero-order chi connectivity index (χ0) is 12.3. The van der Waals surface area contributed by atoms with Crippen molar-refractivity contribution in [1.29, 1.82) is 0 Å². The number of hydrogen-bond acceptors (Lipinski definition) is 4. The van der Waals surface area contributed by atoms with Crippen LogP contribution >= 0.6 is 22.9 Å². The predicted molar refractivity (Wildman–Crippen MR) is 68.1 cm³/mol. The van der Waals surface area contributed by atoms with Gasteiger partial charge < -0.3 is 10.1 Å². The Morgan fingerprint density at radius 3 is 3.06 bits per heavy atom.